The fourth-order valence-electron chi connectivity index (χ4n) is 3.70. The van der Waals surface area contributed by atoms with Crippen molar-refractivity contribution >= 4 is 35.8 Å². The van der Waals surface area contributed by atoms with Gasteiger partial charge in [0.1, 0.15) is 5.82 Å². The molecule has 6 nitrogen and oxygen atoms in total. The Morgan fingerprint density at radius 3 is 2.81 bits per heavy atom. The van der Waals surface area contributed by atoms with Crippen molar-refractivity contribution in [3.8, 4) is 0 Å². The van der Waals surface area contributed by atoms with Crippen LogP contribution >= 0.6 is 24.0 Å². The fraction of sp³-hybridized carbons (Fsp3) is 0.700. The average Bonchev–Trinajstić information content (AvgIpc) is 2.65. The van der Waals surface area contributed by atoms with Gasteiger partial charge in [0.05, 0.1) is 19.3 Å². The molecule has 0 bridgehead atoms. The van der Waals surface area contributed by atoms with Crippen LogP contribution in [0.5, 0.6) is 0 Å². The summed E-state index contributed by atoms with van der Waals surface area (Å²) in [5.74, 6) is 2.80. The maximum absolute atomic E-state index is 5.61. The number of rotatable bonds is 4. The van der Waals surface area contributed by atoms with Gasteiger partial charge < -0.3 is 19.9 Å². The van der Waals surface area contributed by atoms with E-state index in [2.05, 4.69) is 53.0 Å². The van der Waals surface area contributed by atoms with Crippen LogP contribution in [-0.4, -0.2) is 61.3 Å². The minimum atomic E-state index is 0. The molecule has 0 aromatic carbocycles. The number of anilines is 1. The Kier molecular flexibility index (Phi) is 9.08. The van der Waals surface area contributed by atoms with Gasteiger partial charge in [0.15, 0.2) is 5.96 Å². The maximum atomic E-state index is 5.61. The van der Waals surface area contributed by atoms with Crippen molar-refractivity contribution in [2.45, 2.75) is 46.3 Å². The summed E-state index contributed by atoms with van der Waals surface area (Å²) in [6.45, 7) is 12.9. The summed E-state index contributed by atoms with van der Waals surface area (Å²) < 4.78 is 5.61. The molecule has 1 aromatic heterocycles. The van der Waals surface area contributed by atoms with E-state index in [4.69, 9.17) is 9.73 Å². The summed E-state index contributed by atoms with van der Waals surface area (Å²) in [7, 11) is 0. The highest BCUT2D eigenvalue weighted by atomic mass is 127. The molecule has 0 aliphatic carbocycles. The van der Waals surface area contributed by atoms with Gasteiger partial charge in [-0.1, -0.05) is 13.0 Å². The zero-order valence-electron chi connectivity index (χ0n) is 16.9. The summed E-state index contributed by atoms with van der Waals surface area (Å²) in [5.41, 5.74) is 1.15. The molecule has 2 fully saturated rings. The van der Waals surface area contributed by atoms with Crippen molar-refractivity contribution in [1.29, 1.82) is 0 Å². The lowest BCUT2D eigenvalue weighted by atomic mass is 10.0. The summed E-state index contributed by atoms with van der Waals surface area (Å²) >= 11 is 0. The molecule has 0 saturated carbocycles. The zero-order valence-corrected chi connectivity index (χ0v) is 19.2. The van der Waals surface area contributed by atoms with E-state index in [1.165, 1.54) is 12.8 Å². The van der Waals surface area contributed by atoms with Crippen molar-refractivity contribution in [2.24, 2.45) is 10.9 Å². The summed E-state index contributed by atoms with van der Waals surface area (Å²) in [5, 5.41) is 3.44. The fourth-order valence-corrected chi connectivity index (χ4v) is 3.70. The van der Waals surface area contributed by atoms with Gasteiger partial charge in [0.2, 0.25) is 0 Å². The number of ether oxygens (including phenoxy) is 1. The third kappa shape index (κ3) is 6.48. The molecule has 2 saturated heterocycles. The Hall–Kier alpha value is -1.09. The number of nitrogens with zero attached hydrogens (tertiary/aromatic N) is 4. The van der Waals surface area contributed by atoms with E-state index in [0.717, 1.165) is 62.6 Å². The van der Waals surface area contributed by atoms with Crippen molar-refractivity contribution in [2.75, 3.05) is 44.2 Å². The Morgan fingerprint density at radius 1 is 1.30 bits per heavy atom. The van der Waals surface area contributed by atoms with Gasteiger partial charge in [0, 0.05) is 38.9 Å². The highest BCUT2D eigenvalue weighted by Gasteiger charge is 2.19. The summed E-state index contributed by atoms with van der Waals surface area (Å²) in [6.07, 6.45) is 4.80. The number of aliphatic imine (C=N–C) groups is 1. The Balaban J connectivity index is 0.00000261. The first-order chi connectivity index (χ1) is 12.7. The monoisotopic (exact) mass is 487 g/mol. The molecule has 0 radical (unpaired) electrons. The molecule has 27 heavy (non-hydrogen) atoms. The number of pyridine rings is 1. The van der Waals surface area contributed by atoms with Crippen LogP contribution in [0.15, 0.2) is 23.3 Å². The third-order valence-corrected chi connectivity index (χ3v) is 5.08. The van der Waals surface area contributed by atoms with Gasteiger partial charge in [-0.2, -0.15) is 0 Å². The molecule has 1 N–H and O–H groups in total. The maximum Gasteiger partial charge on any atom is 0.194 e. The predicted octanol–water partition coefficient (Wildman–Crippen LogP) is 3.12. The highest BCUT2D eigenvalue weighted by Crippen LogP contribution is 2.17. The van der Waals surface area contributed by atoms with Crippen LogP contribution in [-0.2, 0) is 11.3 Å². The molecule has 7 heteroatoms. The predicted molar refractivity (Wildman–Crippen MR) is 122 cm³/mol. The van der Waals surface area contributed by atoms with Gasteiger partial charge >= 0.3 is 0 Å². The number of aromatic nitrogens is 1. The lowest BCUT2D eigenvalue weighted by molar-refractivity contribution is 0.0529. The smallest absolute Gasteiger partial charge is 0.194 e. The second-order valence-corrected chi connectivity index (χ2v) is 7.52. The van der Waals surface area contributed by atoms with Crippen molar-refractivity contribution < 1.29 is 4.74 Å². The van der Waals surface area contributed by atoms with Crippen LogP contribution in [0, 0.1) is 5.92 Å². The topological polar surface area (TPSA) is 53.0 Å². The molecular weight excluding hydrogens is 453 g/mol. The summed E-state index contributed by atoms with van der Waals surface area (Å²) in [4.78, 5) is 14.2. The molecule has 1 aromatic rings. The highest BCUT2D eigenvalue weighted by molar-refractivity contribution is 14.0. The first-order valence-electron chi connectivity index (χ1n) is 10.0. The largest absolute Gasteiger partial charge is 0.375 e. The van der Waals surface area contributed by atoms with Gasteiger partial charge in [-0.15, -0.1) is 24.0 Å². The average molecular weight is 487 g/mol. The van der Waals surface area contributed by atoms with E-state index in [1.807, 2.05) is 6.20 Å². The minimum absolute atomic E-state index is 0. The van der Waals surface area contributed by atoms with Crippen LogP contribution in [0.25, 0.3) is 0 Å². The standard InChI is InChI=1S/C20H33N5O.HI/c1-4-21-20(25-9-5-6-16(2)14-25)23-13-18-7-8-19(22-12-18)24-10-11-26-17(3)15-24;/h7-8,12,16-17H,4-6,9-11,13-15H2,1-3H3,(H,21,23);1H. The normalized spacial score (nSPS) is 23.7. The molecule has 3 rings (SSSR count). The SMILES string of the molecule is CCNC(=NCc1ccc(N2CCOC(C)C2)nc1)N1CCCC(C)C1.I. The first kappa shape index (κ1) is 22.2. The van der Waals surface area contributed by atoms with Crippen molar-refractivity contribution in [3.63, 3.8) is 0 Å². The number of piperidine rings is 1. The second-order valence-electron chi connectivity index (χ2n) is 7.52. The van der Waals surface area contributed by atoms with Gasteiger partial charge in [-0.3, -0.25) is 0 Å². The Morgan fingerprint density at radius 2 is 2.15 bits per heavy atom. The Labute approximate surface area is 180 Å². The quantitative estimate of drug-likeness (QED) is 0.402. The molecule has 2 aliphatic heterocycles. The molecule has 2 unspecified atom stereocenters. The number of hydrogen-bond donors (Lipinski definition) is 1. The minimum Gasteiger partial charge on any atom is -0.375 e. The van der Waals surface area contributed by atoms with E-state index in [-0.39, 0.29) is 30.1 Å². The lowest BCUT2D eigenvalue weighted by Crippen LogP contribution is -2.46. The van der Waals surface area contributed by atoms with Gasteiger partial charge in [0.25, 0.3) is 0 Å². The third-order valence-electron chi connectivity index (χ3n) is 5.08. The number of halogens is 1. The number of morpholine rings is 1. The van der Waals surface area contributed by atoms with Crippen LogP contribution in [0.1, 0.15) is 39.2 Å². The van der Waals surface area contributed by atoms with Gasteiger partial charge in [-0.05, 0) is 44.2 Å². The van der Waals surface area contributed by atoms with E-state index >= 15 is 0 Å². The van der Waals surface area contributed by atoms with Crippen LogP contribution in [0.3, 0.4) is 0 Å². The number of nitrogens with one attached hydrogen (secondary N) is 1. The Bertz CT molecular complexity index is 595. The lowest BCUT2D eigenvalue weighted by Gasteiger charge is -2.33. The van der Waals surface area contributed by atoms with Gasteiger partial charge in [-0.25, -0.2) is 9.98 Å². The van der Waals surface area contributed by atoms with E-state index < -0.39 is 0 Å². The number of likely N-dealkylation sites (tertiary alicyclic amines) is 1. The van der Waals surface area contributed by atoms with Crippen molar-refractivity contribution in [3.05, 3.63) is 23.9 Å². The van der Waals surface area contributed by atoms with Crippen LogP contribution in [0.2, 0.25) is 0 Å². The molecule has 3 heterocycles. The molecule has 2 aliphatic rings. The van der Waals surface area contributed by atoms with Crippen LogP contribution < -0.4 is 10.2 Å². The van der Waals surface area contributed by atoms with E-state index in [9.17, 15) is 0 Å². The number of hydrogen-bond acceptors (Lipinski definition) is 4. The van der Waals surface area contributed by atoms with Crippen molar-refractivity contribution in [1.82, 2.24) is 15.2 Å². The van der Waals surface area contributed by atoms with E-state index in [0.29, 0.717) is 6.54 Å². The van der Waals surface area contributed by atoms with Crippen LogP contribution in [0.4, 0.5) is 5.82 Å². The molecule has 0 spiro atoms. The molecule has 2 atom stereocenters. The first-order valence-corrected chi connectivity index (χ1v) is 10.0. The second kappa shape index (κ2) is 11.0. The zero-order chi connectivity index (χ0) is 18.4. The molecular formula is C20H34IN5O. The molecule has 152 valence electrons. The molecule has 0 amide bonds. The number of guanidine groups is 1. The summed E-state index contributed by atoms with van der Waals surface area (Å²) in [6, 6.07) is 4.26. The van der Waals surface area contributed by atoms with E-state index in [1.54, 1.807) is 0 Å².